The van der Waals surface area contributed by atoms with Crippen LogP contribution in [0.25, 0.3) is 0 Å². The molecule has 8 heteroatoms. The Morgan fingerprint density at radius 2 is 1.62 bits per heavy atom. The molecule has 0 bridgehead atoms. The average Bonchev–Trinajstić information content (AvgIpc) is 3.03. The molecule has 2 aliphatic rings. The van der Waals surface area contributed by atoms with Crippen molar-refractivity contribution in [3.8, 4) is 0 Å². The molecule has 7 nitrogen and oxygen atoms in total. The Kier molecular flexibility index (Phi) is 4.65. The molecule has 0 aliphatic carbocycles. The lowest BCUT2D eigenvalue weighted by Gasteiger charge is -2.37. The van der Waals surface area contributed by atoms with Gasteiger partial charge in [-0.15, -0.1) is 0 Å². The average molecular weight is 354 g/mol. The smallest absolute Gasteiger partial charge is 0.253 e. The van der Waals surface area contributed by atoms with Crippen LogP contribution in [0.1, 0.15) is 23.2 Å². The second kappa shape index (κ2) is 6.44. The lowest BCUT2D eigenvalue weighted by atomic mass is 10.0. The molecule has 2 saturated heterocycles. The Morgan fingerprint density at radius 3 is 2.12 bits per heavy atom. The summed E-state index contributed by atoms with van der Waals surface area (Å²) in [6, 6.07) is 6.06. The highest BCUT2D eigenvalue weighted by Crippen LogP contribution is 2.31. The molecule has 0 aromatic heterocycles. The minimum Gasteiger partial charge on any atom is -0.347 e. The van der Waals surface area contributed by atoms with E-state index in [0.717, 1.165) is 4.31 Å². The first-order valence-electron chi connectivity index (χ1n) is 7.94. The maximum Gasteiger partial charge on any atom is 0.253 e. The topological polar surface area (TPSA) is 76.2 Å². The molecule has 0 atom stereocenters. The normalized spacial score (nSPS) is 20.7. The Balaban J connectivity index is 1.68. The van der Waals surface area contributed by atoms with Crippen LogP contribution in [0.15, 0.2) is 29.2 Å². The standard InChI is InChI=1S/C16H22N2O5S/c1-17(2)24(20,21)14-5-3-13(4-6-14)15(19)18-9-7-16(8-10-18)22-11-12-23-16/h3-6H,7-12H2,1-2H3. The van der Waals surface area contributed by atoms with Gasteiger partial charge in [-0.1, -0.05) is 0 Å². The Labute approximate surface area is 142 Å². The maximum absolute atomic E-state index is 12.6. The molecule has 1 spiro atoms. The van der Waals surface area contributed by atoms with Gasteiger partial charge in [0.2, 0.25) is 10.0 Å². The van der Waals surface area contributed by atoms with Crippen LogP contribution in [0, 0.1) is 0 Å². The van der Waals surface area contributed by atoms with Crippen LogP contribution in [0.3, 0.4) is 0 Å². The summed E-state index contributed by atoms with van der Waals surface area (Å²) in [5.41, 5.74) is 0.483. The number of rotatable bonds is 3. The molecule has 2 heterocycles. The van der Waals surface area contributed by atoms with E-state index in [0.29, 0.717) is 44.7 Å². The van der Waals surface area contributed by atoms with E-state index < -0.39 is 15.8 Å². The summed E-state index contributed by atoms with van der Waals surface area (Å²) in [4.78, 5) is 14.5. The number of ether oxygens (including phenoxy) is 2. The molecule has 1 aromatic rings. The predicted octanol–water partition coefficient (Wildman–Crippen LogP) is 0.916. The fourth-order valence-electron chi connectivity index (χ4n) is 3.00. The molecular weight excluding hydrogens is 332 g/mol. The fraction of sp³-hybridized carbons (Fsp3) is 0.562. The number of benzene rings is 1. The number of nitrogens with zero attached hydrogens (tertiary/aromatic N) is 2. The van der Waals surface area contributed by atoms with Crippen molar-refractivity contribution < 1.29 is 22.7 Å². The van der Waals surface area contributed by atoms with Gasteiger partial charge in [0, 0.05) is 45.6 Å². The van der Waals surface area contributed by atoms with E-state index in [4.69, 9.17) is 9.47 Å². The number of hydrogen-bond donors (Lipinski definition) is 0. The second-order valence-electron chi connectivity index (χ2n) is 6.21. The highest BCUT2D eigenvalue weighted by atomic mass is 32.2. The molecule has 24 heavy (non-hydrogen) atoms. The lowest BCUT2D eigenvalue weighted by Crippen LogP contribution is -2.47. The van der Waals surface area contributed by atoms with E-state index in [-0.39, 0.29) is 10.8 Å². The number of sulfonamides is 1. The summed E-state index contributed by atoms with van der Waals surface area (Å²) >= 11 is 0. The third-order valence-corrected chi connectivity index (χ3v) is 6.34. The van der Waals surface area contributed by atoms with Crippen molar-refractivity contribution in [2.45, 2.75) is 23.5 Å². The number of piperidine rings is 1. The SMILES string of the molecule is CN(C)S(=O)(=O)c1ccc(C(=O)N2CCC3(CC2)OCCO3)cc1. The molecule has 0 unspecified atom stereocenters. The van der Waals surface area contributed by atoms with Gasteiger partial charge >= 0.3 is 0 Å². The van der Waals surface area contributed by atoms with E-state index in [9.17, 15) is 13.2 Å². The van der Waals surface area contributed by atoms with Crippen LogP contribution in [-0.2, 0) is 19.5 Å². The van der Waals surface area contributed by atoms with E-state index in [1.54, 1.807) is 17.0 Å². The first kappa shape index (κ1) is 17.3. The van der Waals surface area contributed by atoms with Crippen molar-refractivity contribution in [3.05, 3.63) is 29.8 Å². The molecule has 132 valence electrons. The summed E-state index contributed by atoms with van der Waals surface area (Å²) in [5.74, 6) is -0.614. The third kappa shape index (κ3) is 3.19. The summed E-state index contributed by atoms with van der Waals surface area (Å²) in [5, 5.41) is 0. The van der Waals surface area contributed by atoms with Crippen molar-refractivity contribution in [1.82, 2.24) is 9.21 Å². The Bertz CT molecular complexity index is 698. The van der Waals surface area contributed by atoms with Crippen LogP contribution in [0.5, 0.6) is 0 Å². The monoisotopic (exact) mass is 354 g/mol. The van der Waals surface area contributed by atoms with Gasteiger partial charge in [-0.2, -0.15) is 0 Å². The van der Waals surface area contributed by atoms with Gasteiger partial charge in [-0.05, 0) is 24.3 Å². The van der Waals surface area contributed by atoms with Crippen LogP contribution in [-0.4, -0.2) is 69.7 Å². The minimum absolute atomic E-state index is 0.100. The molecule has 1 aromatic carbocycles. The van der Waals surface area contributed by atoms with E-state index >= 15 is 0 Å². The van der Waals surface area contributed by atoms with Crippen molar-refractivity contribution in [2.75, 3.05) is 40.4 Å². The molecule has 0 N–H and O–H groups in total. The number of carbonyl (C=O) groups is 1. The van der Waals surface area contributed by atoms with Gasteiger partial charge < -0.3 is 14.4 Å². The quantitative estimate of drug-likeness (QED) is 0.807. The zero-order valence-corrected chi connectivity index (χ0v) is 14.7. The first-order valence-corrected chi connectivity index (χ1v) is 9.38. The molecule has 2 fully saturated rings. The number of likely N-dealkylation sites (tertiary alicyclic amines) is 1. The second-order valence-corrected chi connectivity index (χ2v) is 8.36. The zero-order valence-electron chi connectivity index (χ0n) is 13.9. The van der Waals surface area contributed by atoms with Crippen molar-refractivity contribution in [1.29, 1.82) is 0 Å². The van der Waals surface area contributed by atoms with E-state index in [1.165, 1.54) is 26.2 Å². The zero-order chi connectivity index (χ0) is 17.4. The number of hydrogen-bond acceptors (Lipinski definition) is 5. The highest BCUT2D eigenvalue weighted by molar-refractivity contribution is 7.89. The van der Waals surface area contributed by atoms with Gasteiger partial charge in [-0.3, -0.25) is 4.79 Å². The highest BCUT2D eigenvalue weighted by Gasteiger charge is 2.40. The van der Waals surface area contributed by atoms with Gasteiger partial charge in [0.1, 0.15) is 0 Å². The van der Waals surface area contributed by atoms with E-state index in [2.05, 4.69) is 0 Å². The van der Waals surface area contributed by atoms with Gasteiger partial charge in [-0.25, -0.2) is 12.7 Å². The minimum atomic E-state index is -3.48. The number of amides is 1. The van der Waals surface area contributed by atoms with Crippen molar-refractivity contribution in [3.63, 3.8) is 0 Å². The van der Waals surface area contributed by atoms with Gasteiger partial charge in [0.25, 0.3) is 5.91 Å². The van der Waals surface area contributed by atoms with Crippen LogP contribution in [0.4, 0.5) is 0 Å². The lowest BCUT2D eigenvalue weighted by molar-refractivity contribution is -0.181. The Morgan fingerprint density at radius 1 is 1.08 bits per heavy atom. The molecule has 0 saturated carbocycles. The largest absolute Gasteiger partial charge is 0.347 e. The summed E-state index contributed by atoms with van der Waals surface area (Å²) < 4.78 is 36.6. The molecule has 0 radical (unpaired) electrons. The molecule has 3 rings (SSSR count). The predicted molar refractivity (Wildman–Crippen MR) is 87.1 cm³/mol. The summed E-state index contributed by atoms with van der Waals surface area (Å²) in [6.07, 6.45) is 1.32. The molecule has 1 amide bonds. The van der Waals surface area contributed by atoms with Crippen molar-refractivity contribution in [2.24, 2.45) is 0 Å². The maximum atomic E-state index is 12.6. The van der Waals surface area contributed by atoms with Gasteiger partial charge in [0.05, 0.1) is 18.1 Å². The van der Waals surface area contributed by atoms with Crippen LogP contribution in [0.2, 0.25) is 0 Å². The fourth-order valence-corrected chi connectivity index (χ4v) is 3.90. The van der Waals surface area contributed by atoms with Crippen molar-refractivity contribution >= 4 is 15.9 Å². The molecular formula is C16H22N2O5S. The first-order chi connectivity index (χ1) is 11.3. The van der Waals surface area contributed by atoms with Crippen LogP contribution < -0.4 is 0 Å². The number of carbonyl (C=O) groups excluding carboxylic acids is 1. The van der Waals surface area contributed by atoms with E-state index in [1.807, 2.05) is 0 Å². The Hall–Kier alpha value is -1.48. The third-order valence-electron chi connectivity index (χ3n) is 4.51. The summed E-state index contributed by atoms with van der Waals surface area (Å²) in [6.45, 7) is 2.35. The van der Waals surface area contributed by atoms with Gasteiger partial charge in [0.15, 0.2) is 5.79 Å². The summed E-state index contributed by atoms with van der Waals surface area (Å²) in [7, 11) is -0.529. The molecule has 2 aliphatic heterocycles. The van der Waals surface area contributed by atoms with Crippen LogP contribution >= 0.6 is 0 Å².